The van der Waals surface area contributed by atoms with Gasteiger partial charge in [0.2, 0.25) is 0 Å². The maximum Gasteiger partial charge on any atom is 0.169 e. The van der Waals surface area contributed by atoms with E-state index in [1.165, 1.54) is 92.9 Å². The molecule has 3 aliphatic rings. The van der Waals surface area contributed by atoms with Gasteiger partial charge in [0, 0.05) is 61.0 Å². The molecule has 0 amide bonds. The number of benzene rings is 2. The zero-order chi connectivity index (χ0) is 21.3. The Morgan fingerprint density at radius 2 is 1.12 bits per heavy atom. The number of hydrogen-bond acceptors (Lipinski definition) is 4. The van der Waals surface area contributed by atoms with E-state index in [2.05, 4.69) is 62.9 Å². The molecule has 0 atom stereocenters. The highest BCUT2D eigenvalue weighted by molar-refractivity contribution is 7.99. The molecule has 0 unspecified atom stereocenters. The minimum Gasteiger partial charge on any atom is -0.372 e. The highest BCUT2D eigenvalue weighted by Gasteiger charge is 2.24. The quantitative estimate of drug-likeness (QED) is 0.471. The second-order valence-corrected chi connectivity index (χ2v) is 10.3. The smallest absolute Gasteiger partial charge is 0.169 e. The van der Waals surface area contributed by atoms with Crippen LogP contribution >= 0.6 is 11.8 Å². The fourth-order valence-corrected chi connectivity index (χ4v) is 6.39. The number of rotatable bonds is 4. The molecule has 4 nitrogen and oxygen atoms in total. The van der Waals surface area contributed by atoms with Crippen LogP contribution in [0.5, 0.6) is 0 Å². The van der Waals surface area contributed by atoms with E-state index in [4.69, 9.17) is 4.98 Å². The molecule has 166 valence electrons. The van der Waals surface area contributed by atoms with Crippen LogP contribution in [-0.2, 0) is 6.54 Å². The largest absolute Gasteiger partial charge is 0.372 e. The van der Waals surface area contributed by atoms with Crippen molar-refractivity contribution in [1.29, 1.82) is 0 Å². The van der Waals surface area contributed by atoms with Gasteiger partial charge < -0.3 is 14.4 Å². The molecule has 3 aromatic rings. The average molecular weight is 445 g/mol. The Morgan fingerprint density at radius 3 is 1.69 bits per heavy atom. The zero-order valence-corrected chi connectivity index (χ0v) is 19.6. The van der Waals surface area contributed by atoms with E-state index in [0.717, 1.165) is 23.1 Å². The standard InChI is InChI=1S/C27H32N4S/c1-3-15-29(16-4-1)23-11-7-21(8-12-23)25-26(31-19-20-32-27(31)28-25)22-9-13-24(14-10-22)30-17-5-2-6-18-30/h7-14H,1-6,15-20H2. The fraction of sp³-hybridized carbons (Fsp3) is 0.444. The van der Waals surface area contributed by atoms with Gasteiger partial charge >= 0.3 is 0 Å². The van der Waals surface area contributed by atoms with Crippen LogP contribution in [-0.4, -0.2) is 41.5 Å². The Balaban J connectivity index is 1.32. The van der Waals surface area contributed by atoms with Gasteiger partial charge in [-0.25, -0.2) is 4.98 Å². The molecule has 0 N–H and O–H groups in total. The van der Waals surface area contributed by atoms with Crippen molar-refractivity contribution in [2.45, 2.75) is 50.2 Å². The summed E-state index contributed by atoms with van der Waals surface area (Å²) >= 11 is 1.88. The molecule has 0 saturated carbocycles. The highest BCUT2D eigenvalue weighted by Crippen LogP contribution is 2.40. The third-order valence-electron chi connectivity index (χ3n) is 7.20. The molecule has 0 radical (unpaired) electrons. The summed E-state index contributed by atoms with van der Waals surface area (Å²) in [6.45, 7) is 5.79. The summed E-state index contributed by atoms with van der Waals surface area (Å²) < 4.78 is 2.43. The number of aromatic nitrogens is 2. The molecule has 2 fully saturated rings. The van der Waals surface area contributed by atoms with Gasteiger partial charge in [0.05, 0.1) is 11.4 Å². The number of anilines is 2. The van der Waals surface area contributed by atoms with Gasteiger partial charge in [0.25, 0.3) is 0 Å². The van der Waals surface area contributed by atoms with E-state index in [0.29, 0.717) is 0 Å². The predicted molar refractivity (Wildman–Crippen MR) is 136 cm³/mol. The van der Waals surface area contributed by atoms with Crippen LogP contribution in [0.3, 0.4) is 0 Å². The van der Waals surface area contributed by atoms with Crippen molar-refractivity contribution in [1.82, 2.24) is 9.55 Å². The summed E-state index contributed by atoms with van der Waals surface area (Å²) in [5.74, 6) is 1.12. The third-order valence-corrected chi connectivity index (χ3v) is 8.16. The van der Waals surface area contributed by atoms with Crippen LogP contribution in [0.1, 0.15) is 38.5 Å². The lowest BCUT2D eigenvalue weighted by molar-refractivity contribution is 0.578. The highest BCUT2D eigenvalue weighted by atomic mass is 32.2. The van der Waals surface area contributed by atoms with Crippen LogP contribution in [0, 0.1) is 0 Å². The van der Waals surface area contributed by atoms with Crippen molar-refractivity contribution < 1.29 is 0 Å². The predicted octanol–water partition coefficient (Wildman–Crippen LogP) is 6.30. The molecule has 0 spiro atoms. The van der Waals surface area contributed by atoms with Gasteiger partial charge in [0.15, 0.2) is 5.16 Å². The summed E-state index contributed by atoms with van der Waals surface area (Å²) in [7, 11) is 0. The van der Waals surface area contributed by atoms with Crippen molar-refractivity contribution in [2.75, 3.05) is 41.7 Å². The first-order chi connectivity index (χ1) is 15.9. The normalized spacial score (nSPS) is 18.8. The SMILES string of the molecule is c1cc(N2CCCCC2)ccc1-c1nc2n(c1-c1ccc(N3CCCCC3)cc1)CCS2. The van der Waals surface area contributed by atoms with Gasteiger partial charge in [-0.2, -0.15) is 0 Å². The molecule has 6 rings (SSSR count). The number of imidazole rings is 1. The summed E-state index contributed by atoms with van der Waals surface area (Å²) in [6.07, 6.45) is 7.98. The molecule has 1 aromatic heterocycles. The van der Waals surface area contributed by atoms with E-state index < -0.39 is 0 Å². The average Bonchev–Trinajstić information content (AvgIpc) is 3.47. The number of fused-ring (bicyclic) bond motifs is 1. The molecule has 32 heavy (non-hydrogen) atoms. The van der Waals surface area contributed by atoms with Crippen LogP contribution in [0.15, 0.2) is 53.7 Å². The molecular formula is C27H32N4S. The number of hydrogen-bond donors (Lipinski definition) is 0. The van der Waals surface area contributed by atoms with Crippen LogP contribution < -0.4 is 9.80 Å². The molecule has 0 bridgehead atoms. The van der Waals surface area contributed by atoms with E-state index in [1.54, 1.807) is 0 Å². The first-order valence-corrected chi connectivity index (χ1v) is 13.3. The molecule has 2 saturated heterocycles. The van der Waals surface area contributed by atoms with Gasteiger partial charge in [-0.1, -0.05) is 36.0 Å². The molecule has 0 aliphatic carbocycles. The van der Waals surface area contributed by atoms with Crippen molar-refractivity contribution in [3.63, 3.8) is 0 Å². The molecule has 5 heteroatoms. The second-order valence-electron chi connectivity index (χ2n) is 9.28. The summed E-state index contributed by atoms with van der Waals surface area (Å²) in [5.41, 5.74) is 7.62. The summed E-state index contributed by atoms with van der Waals surface area (Å²) in [5, 5.41) is 1.16. The lowest BCUT2D eigenvalue weighted by Gasteiger charge is -2.29. The monoisotopic (exact) mass is 444 g/mol. The number of piperidine rings is 2. The first kappa shape index (κ1) is 20.2. The maximum absolute atomic E-state index is 5.09. The van der Waals surface area contributed by atoms with Crippen LogP contribution in [0.25, 0.3) is 22.5 Å². The van der Waals surface area contributed by atoms with Gasteiger partial charge in [0.1, 0.15) is 0 Å². The van der Waals surface area contributed by atoms with Crippen molar-refractivity contribution >= 4 is 23.1 Å². The Bertz CT molecular complexity index is 1060. The maximum atomic E-state index is 5.09. The lowest BCUT2D eigenvalue weighted by atomic mass is 10.0. The molecule has 4 heterocycles. The second kappa shape index (κ2) is 8.86. The van der Waals surface area contributed by atoms with Crippen molar-refractivity contribution in [2.24, 2.45) is 0 Å². The molecular weight excluding hydrogens is 412 g/mol. The van der Waals surface area contributed by atoms with Crippen molar-refractivity contribution in [3.8, 4) is 22.5 Å². The summed E-state index contributed by atoms with van der Waals surface area (Å²) in [6, 6.07) is 18.4. The van der Waals surface area contributed by atoms with E-state index in [1.807, 2.05) is 11.8 Å². The zero-order valence-electron chi connectivity index (χ0n) is 18.8. The Kier molecular flexibility index (Phi) is 5.60. The Morgan fingerprint density at radius 1 is 0.594 bits per heavy atom. The Labute approximate surface area is 195 Å². The number of thioether (sulfide) groups is 1. The lowest BCUT2D eigenvalue weighted by Crippen LogP contribution is -2.29. The first-order valence-electron chi connectivity index (χ1n) is 12.3. The minimum atomic E-state index is 1.04. The summed E-state index contributed by atoms with van der Waals surface area (Å²) in [4.78, 5) is 10.1. The van der Waals surface area contributed by atoms with Crippen LogP contribution in [0.2, 0.25) is 0 Å². The van der Waals surface area contributed by atoms with Gasteiger partial charge in [-0.15, -0.1) is 0 Å². The topological polar surface area (TPSA) is 24.3 Å². The van der Waals surface area contributed by atoms with Crippen molar-refractivity contribution in [3.05, 3.63) is 48.5 Å². The number of nitrogens with zero attached hydrogens (tertiary/aromatic N) is 4. The van der Waals surface area contributed by atoms with E-state index in [9.17, 15) is 0 Å². The van der Waals surface area contributed by atoms with Crippen LogP contribution in [0.4, 0.5) is 11.4 Å². The van der Waals surface area contributed by atoms with Gasteiger partial charge in [-0.05, 0) is 62.8 Å². The van der Waals surface area contributed by atoms with E-state index in [-0.39, 0.29) is 0 Å². The molecule has 3 aliphatic heterocycles. The minimum absolute atomic E-state index is 1.04. The fourth-order valence-electron chi connectivity index (χ4n) is 5.44. The molecule has 2 aromatic carbocycles. The Hall–Kier alpha value is -2.40. The van der Waals surface area contributed by atoms with E-state index >= 15 is 0 Å². The van der Waals surface area contributed by atoms with Gasteiger partial charge in [-0.3, -0.25) is 0 Å². The third kappa shape index (κ3) is 3.81.